The number of rotatable bonds is 6. The second-order valence-corrected chi connectivity index (χ2v) is 2.95. The summed E-state index contributed by atoms with van der Waals surface area (Å²) in [5.41, 5.74) is 0.346. The Morgan fingerprint density at radius 3 is 2.62 bits per heavy atom. The van der Waals surface area contributed by atoms with Crippen LogP contribution >= 0.6 is 0 Å². The molecule has 0 heterocycles. The Kier molecular flexibility index (Phi) is 6.72. The van der Waals surface area contributed by atoms with Crippen molar-refractivity contribution >= 4 is 5.97 Å². The van der Waals surface area contributed by atoms with Crippen LogP contribution in [0, 0.1) is 12.3 Å². The van der Waals surface area contributed by atoms with Crippen LogP contribution in [0.15, 0.2) is 11.6 Å². The first-order valence-corrected chi connectivity index (χ1v) is 4.60. The van der Waals surface area contributed by atoms with Crippen LogP contribution in [-0.4, -0.2) is 11.1 Å². The maximum Gasteiger partial charge on any atom is 0.332 e. The fourth-order valence-corrected chi connectivity index (χ4v) is 1.08. The van der Waals surface area contributed by atoms with Crippen molar-refractivity contribution in [3.8, 4) is 12.3 Å². The van der Waals surface area contributed by atoms with Gasteiger partial charge in [0.1, 0.15) is 0 Å². The first-order valence-electron chi connectivity index (χ1n) is 4.60. The highest BCUT2D eigenvalue weighted by atomic mass is 16.4. The minimum atomic E-state index is -0.894. The van der Waals surface area contributed by atoms with E-state index in [0.717, 1.165) is 25.7 Å². The monoisotopic (exact) mass is 180 g/mol. The van der Waals surface area contributed by atoms with Crippen molar-refractivity contribution in [1.82, 2.24) is 0 Å². The zero-order valence-corrected chi connectivity index (χ0v) is 8.05. The van der Waals surface area contributed by atoms with Gasteiger partial charge in [-0.3, -0.25) is 0 Å². The number of allylic oxidation sites excluding steroid dienone is 1. The molecule has 2 heteroatoms. The third-order valence-electron chi connectivity index (χ3n) is 1.83. The van der Waals surface area contributed by atoms with Crippen LogP contribution in [-0.2, 0) is 4.79 Å². The van der Waals surface area contributed by atoms with Gasteiger partial charge in [0, 0.05) is 5.57 Å². The summed E-state index contributed by atoms with van der Waals surface area (Å²) in [7, 11) is 0. The molecule has 72 valence electrons. The third kappa shape index (κ3) is 5.98. The number of aliphatic carboxylic acids is 1. The Hall–Kier alpha value is -1.23. The Morgan fingerprint density at radius 2 is 2.15 bits per heavy atom. The summed E-state index contributed by atoms with van der Waals surface area (Å²) in [6, 6.07) is 0. The second kappa shape index (κ2) is 7.42. The minimum absolute atomic E-state index is 0.346. The molecule has 0 spiro atoms. The molecule has 0 aromatic heterocycles. The van der Waals surface area contributed by atoms with Crippen LogP contribution in [0.25, 0.3) is 0 Å². The van der Waals surface area contributed by atoms with E-state index in [-0.39, 0.29) is 0 Å². The topological polar surface area (TPSA) is 37.3 Å². The zero-order chi connectivity index (χ0) is 10.1. The first-order chi connectivity index (χ1) is 6.22. The van der Waals surface area contributed by atoms with E-state index in [1.807, 2.05) is 0 Å². The fraction of sp³-hybridized carbons (Fsp3) is 0.545. The normalized spacial score (nSPS) is 10.9. The molecule has 0 saturated carbocycles. The van der Waals surface area contributed by atoms with Gasteiger partial charge in [0.2, 0.25) is 0 Å². The van der Waals surface area contributed by atoms with Crippen LogP contribution in [0.1, 0.15) is 39.0 Å². The van der Waals surface area contributed by atoms with Crippen LogP contribution in [0.5, 0.6) is 0 Å². The van der Waals surface area contributed by atoms with Crippen molar-refractivity contribution in [2.45, 2.75) is 39.0 Å². The second-order valence-electron chi connectivity index (χ2n) is 2.95. The number of carboxylic acids is 1. The van der Waals surface area contributed by atoms with E-state index in [0.29, 0.717) is 12.0 Å². The molecule has 0 bridgehead atoms. The van der Waals surface area contributed by atoms with Crippen LogP contribution in [0.2, 0.25) is 0 Å². The van der Waals surface area contributed by atoms with Gasteiger partial charge in [-0.25, -0.2) is 4.79 Å². The van der Waals surface area contributed by atoms with Gasteiger partial charge in [0.05, 0.1) is 0 Å². The lowest BCUT2D eigenvalue weighted by Crippen LogP contribution is -2.00. The molecule has 0 saturated heterocycles. The number of carbonyl (C=O) groups is 1. The zero-order valence-electron chi connectivity index (χ0n) is 8.05. The van der Waals surface area contributed by atoms with Crippen molar-refractivity contribution in [1.29, 1.82) is 0 Å². The SMILES string of the molecule is C#C/C=C(\CCCCCC)C(=O)O. The maximum atomic E-state index is 10.6. The molecular formula is C11H16O2. The third-order valence-corrected chi connectivity index (χ3v) is 1.83. The van der Waals surface area contributed by atoms with Crippen molar-refractivity contribution in [2.24, 2.45) is 0 Å². The van der Waals surface area contributed by atoms with Gasteiger partial charge in [-0.15, -0.1) is 6.42 Å². The van der Waals surface area contributed by atoms with Crippen molar-refractivity contribution < 1.29 is 9.90 Å². The average molecular weight is 180 g/mol. The van der Waals surface area contributed by atoms with Gasteiger partial charge in [0.15, 0.2) is 0 Å². The van der Waals surface area contributed by atoms with Crippen molar-refractivity contribution in [2.75, 3.05) is 0 Å². The van der Waals surface area contributed by atoms with E-state index in [1.165, 1.54) is 6.08 Å². The summed E-state index contributed by atoms with van der Waals surface area (Å²) < 4.78 is 0. The van der Waals surface area contributed by atoms with Crippen LogP contribution < -0.4 is 0 Å². The summed E-state index contributed by atoms with van der Waals surface area (Å²) in [6.45, 7) is 2.12. The van der Waals surface area contributed by atoms with E-state index in [1.54, 1.807) is 0 Å². The average Bonchev–Trinajstić information content (AvgIpc) is 2.10. The highest BCUT2D eigenvalue weighted by Crippen LogP contribution is 2.09. The number of hydrogen-bond acceptors (Lipinski definition) is 1. The number of hydrogen-bond donors (Lipinski definition) is 1. The quantitative estimate of drug-likeness (QED) is 0.387. The Balaban J connectivity index is 3.80. The molecule has 0 rings (SSSR count). The molecule has 0 atom stereocenters. The molecule has 0 aliphatic rings. The van der Waals surface area contributed by atoms with Gasteiger partial charge in [-0.05, 0) is 18.9 Å². The van der Waals surface area contributed by atoms with Crippen molar-refractivity contribution in [3.63, 3.8) is 0 Å². The summed E-state index contributed by atoms with van der Waals surface area (Å²) in [5, 5.41) is 8.70. The summed E-state index contributed by atoms with van der Waals surface area (Å²) in [6.07, 6.45) is 11.2. The number of unbranched alkanes of at least 4 members (excludes halogenated alkanes) is 3. The van der Waals surface area contributed by atoms with E-state index < -0.39 is 5.97 Å². The molecule has 0 aromatic carbocycles. The molecule has 2 nitrogen and oxygen atoms in total. The molecule has 0 fully saturated rings. The molecule has 0 radical (unpaired) electrons. The molecule has 13 heavy (non-hydrogen) atoms. The van der Waals surface area contributed by atoms with Gasteiger partial charge in [0.25, 0.3) is 0 Å². The predicted molar refractivity (Wildman–Crippen MR) is 53.3 cm³/mol. The lowest BCUT2D eigenvalue weighted by molar-refractivity contribution is -0.132. The largest absolute Gasteiger partial charge is 0.478 e. The molecule has 0 aliphatic heterocycles. The predicted octanol–water partition coefficient (Wildman–Crippen LogP) is 2.60. The number of terminal acetylenes is 1. The highest BCUT2D eigenvalue weighted by molar-refractivity contribution is 5.87. The Labute approximate surface area is 79.7 Å². The van der Waals surface area contributed by atoms with E-state index in [9.17, 15) is 4.79 Å². The summed E-state index contributed by atoms with van der Waals surface area (Å²) in [4.78, 5) is 10.6. The van der Waals surface area contributed by atoms with Crippen LogP contribution in [0.3, 0.4) is 0 Å². The van der Waals surface area contributed by atoms with Crippen LogP contribution in [0.4, 0.5) is 0 Å². The van der Waals surface area contributed by atoms with E-state index in [2.05, 4.69) is 12.8 Å². The van der Waals surface area contributed by atoms with E-state index >= 15 is 0 Å². The fourth-order valence-electron chi connectivity index (χ4n) is 1.08. The standard InChI is InChI=1S/C11H16O2/c1-3-5-6-7-9-10(8-4-2)11(12)13/h2,8H,3,5-7,9H2,1H3,(H,12,13)/b10-8+. The summed E-state index contributed by atoms with van der Waals surface area (Å²) in [5.74, 6) is 1.35. The molecule has 0 aromatic rings. The Bertz CT molecular complexity index is 221. The summed E-state index contributed by atoms with van der Waals surface area (Å²) >= 11 is 0. The maximum absolute atomic E-state index is 10.6. The van der Waals surface area contributed by atoms with Gasteiger partial charge < -0.3 is 5.11 Å². The van der Waals surface area contributed by atoms with Gasteiger partial charge >= 0.3 is 5.97 Å². The minimum Gasteiger partial charge on any atom is -0.478 e. The van der Waals surface area contributed by atoms with E-state index in [4.69, 9.17) is 11.5 Å². The van der Waals surface area contributed by atoms with Crippen molar-refractivity contribution in [3.05, 3.63) is 11.6 Å². The Morgan fingerprint density at radius 1 is 1.46 bits per heavy atom. The highest BCUT2D eigenvalue weighted by Gasteiger charge is 2.04. The smallest absolute Gasteiger partial charge is 0.332 e. The molecule has 0 unspecified atom stereocenters. The molecule has 0 amide bonds. The molecule has 0 aliphatic carbocycles. The molecular weight excluding hydrogens is 164 g/mol. The number of carboxylic acid groups (broad SMARTS) is 1. The lowest BCUT2D eigenvalue weighted by Gasteiger charge is -1.99. The lowest BCUT2D eigenvalue weighted by atomic mass is 10.1. The first kappa shape index (κ1) is 11.8. The van der Waals surface area contributed by atoms with Gasteiger partial charge in [-0.2, -0.15) is 0 Å². The van der Waals surface area contributed by atoms with Gasteiger partial charge in [-0.1, -0.05) is 32.1 Å². The molecule has 1 N–H and O–H groups in total.